The Kier molecular flexibility index (Phi) is 8.27. The van der Waals surface area contributed by atoms with Gasteiger partial charge in [-0.2, -0.15) is 0 Å². The lowest BCUT2D eigenvalue weighted by Crippen LogP contribution is -2.43. The molecule has 6 heteroatoms. The summed E-state index contributed by atoms with van der Waals surface area (Å²) in [7, 11) is 1.86. The molecule has 1 aromatic heterocycles. The first-order chi connectivity index (χ1) is 15.6. The van der Waals surface area contributed by atoms with E-state index in [1.165, 1.54) is 21.6 Å². The zero-order valence-electron chi connectivity index (χ0n) is 20.5. The summed E-state index contributed by atoms with van der Waals surface area (Å²) < 4.78 is 0. The lowest BCUT2D eigenvalue weighted by molar-refractivity contribution is -0.142. The smallest absolute Gasteiger partial charge is 0.322 e. The van der Waals surface area contributed by atoms with Crippen molar-refractivity contribution in [2.45, 2.75) is 53.6 Å². The number of benzene rings is 2. The largest absolute Gasteiger partial charge is 0.480 e. The van der Waals surface area contributed by atoms with Gasteiger partial charge in [0.2, 0.25) is 0 Å². The van der Waals surface area contributed by atoms with Crippen LogP contribution in [0.4, 0.5) is 5.13 Å². The van der Waals surface area contributed by atoms with E-state index in [9.17, 15) is 9.90 Å². The molecule has 3 aromatic rings. The molecule has 1 heterocycles. The molecule has 1 unspecified atom stereocenters. The van der Waals surface area contributed by atoms with Crippen LogP contribution in [0.1, 0.15) is 41.0 Å². The molecule has 0 spiro atoms. The van der Waals surface area contributed by atoms with Gasteiger partial charge in [0.15, 0.2) is 5.13 Å². The fraction of sp³-hybridized carbons (Fsp3) is 0.407. The summed E-state index contributed by atoms with van der Waals surface area (Å²) in [6, 6.07) is 14.0. The third kappa shape index (κ3) is 6.65. The Morgan fingerprint density at radius 3 is 2.52 bits per heavy atom. The molecule has 1 atom stereocenters. The Morgan fingerprint density at radius 1 is 1.12 bits per heavy atom. The minimum absolute atomic E-state index is 0.290. The van der Waals surface area contributed by atoms with Crippen LogP contribution in [0.5, 0.6) is 0 Å². The Hall–Kier alpha value is -2.70. The van der Waals surface area contributed by atoms with Crippen molar-refractivity contribution < 1.29 is 9.90 Å². The minimum Gasteiger partial charge on any atom is -0.480 e. The first-order valence-corrected chi connectivity index (χ1v) is 12.3. The highest BCUT2D eigenvalue weighted by atomic mass is 32.1. The van der Waals surface area contributed by atoms with Gasteiger partial charge >= 0.3 is 5.97 Å². The summed E-state index contributed by atoms with van der Waals surface area (Å²) in [5, 5.41) is 14.0. The molecule has 3 rings (SSSR count). The lowest BCUT2D eigenvalue weighted by Gasteiger charge is -2.25. The molecule has 0 aliphatic carbocycles. The van der Waals surface area contributed by atoms with Crippen molar-refractivity contribution in [1.82, 2.24) is 9.88 Å². The van der Waals surface area contributed by atoms with Gasteiger partial charge in [-0.25, -0.2) is 4.98 Å². The van der Waals surface area contributed by atoms with Crippen LogP contribution in [0.15, 0.2) is 42.5 Å². The van der Waals surface area contributed by atoms with Crippen LogP contribution in [-0.2, 0) is 17.8 Å². The van der Waals surface area contributed by atoms with Crippen molar-refractivity contribution >= 4 is 22.4 Å². The van der Waals surface area contributed by atoms with Gasteiger partial charge < -0.3 is 10.4 Å². The van der Waals surface area contributed by atoms with Gasteiger partial charge in [-0.3, -0.25) is 9.69 Å². The number of carboxylic acids is 1. The van der Waals surface area contributed by atoms with Gasteiger partial charge in [0, 0.05) is 23.5 Å². The Bertz CT molecular complexity index is 1110. The van der Waals surface area contributed by atoms with E-state index >= 15 is 0 Å². The fourth-order valence-corrected chi connectivity index (χ4v) is 5.08. The van der Waals surface area contributed by atoms with Crippen LogP contribution in [-0.4, -0.2) is 40.6 Å². The Balaban J connectivity index is 1.78. The van der Waals surface area contributed by atoms with Crippen molar-refractivity contribution in [2.75, 3.05) is 18.9 Å². The summed E-state index contributed by atoms with van der Waals surface area (Å²) in [5.41, 5.74) is 6.90. The van der Waals surface area contributed by atoms with Crippen molar-refractivity contribution in [3.8, 4) is 11.3 Å². The number of hydrogen-bond acceptors (Lipinski definition) is 5. The van der Waals surface area contributed by atoms with E-state index in [0.717, 1.165) is 28.4 Å². The summed E-state index contributed by atoms with van der Waals surface area (Å²) in [6.45, 7) is 11.6. The van der Waals surface area contributed by atoms with Crippen LogP contribution >= 0.6 is 11.3 Å². The number of aliphatic carboxylic acids is 1. The molecule has 2 aromatic carbocycles. The molecular weight excluding hydrogens is 430 g/mol. The molecule has 5 nitrogen and oxygen atoms in total. The van der Waals surface area contributed by atoms with Gasteiger partial charge in [0.05, 0.1) is 5.69 Å². The fourth-order valence-electron chi connectivity index (χ4n) is 3.88. The molecule has 0 aliphatic heterocycles. The number of nitrogens with one attached hydrogen (secondary N) is 1. The first-order valence-electron chi connectivity index (χ1n) is 11.4. The number of likely N-dealkylation sites (N-methyl/N-ethyl adjacent to an activating group) is 1. The van der Waals surface area contributed by atoms with E-state index in [2.05, 4.69) is 57.3 Å². The third-order valence-corrected chi connectivity index (χ3v) is 6.88. The summed E-state index contributed by atoms with van der Waals surface area (Å²) >= 11 is 1.63. The van der Waals surface area contributed by atoms with Crippen molar-refractivity contribution in [1.29, 1.82) is 0 Å². The number of thiazole rings is 1. The maximum absolute atomic E-state index is 12.0. The molecule has 0 bridgehead atoms. The molecule has 33 heavy (non-hydrogen) atoms. The van der Waals surface area contributed by atoms with Gasteiger partial charge in [0.25, 0.3) is 0 Å². The number of anilines is 1. The number of carbonyl (C=O) groups is 1. The number of aryl methyl sites for hydroxylation is 3. The van der Waals surface area contributed by atoms with Crippen LogP contribution in [0.2, 0.25) is 0 Å². The summed E-state index contributed by atoms with van der Waals surface area (Å²) in [6.07, 6.45) is 0.942. The van der Waals surface area contributed by atoms with E-state index in [-0.39, 0.29) is 0 Å². The average molecular weight is 466 g/mol. The van der Waals surface area contributed by atoms with E-state index in [4.69, 9.17) is 4.98 Å². The van der Waals surface area contributed by atoms with E-state index in [1.807, 2.05) is 37.1 Å². The minimum atomic E-state index is -0.842. The second kappa shape index (κ2) is 10.9. The van der Waals surface area contributed by atoms with Crippen LogP contribution in [0.3, 0.4) is 0 Å². The second-order valence-electron chi connectivity index (χ2n) is 9.33. The average Bonchev–Trinajstić information content (AvgIpc) is 3.11. The highest BCUT2D eigenvalue weighted by Gasteiger charge is 2.24. The third-order valence-electron chi connectivity index (χ3n) is 5.85. The molecule has 0 fully saturated rings. The van der Waals surface area contributed by atoms with Crippen LogP contribution in [0.25, 0.3) is 11.3 Å². The molecule has 0 amide bonds. The first kappa shape index (κ1) is 24.9. The quantitative estimate of drug-likeness (QED) is 0.388. The Labute approximate surface area is 201 Å². The predicted octanol–water partition coefficient (Wildman–Crippen LogP) is 5.93. The molecular formula is C27H35N3O2S. The lowest BCUT2D eigenvalue weighted by atomic mass is 10.0. The van der Waals surface area contributed by atoms with Gasteiger partial charge in [-0.15, -0.1) is 11.3 Å². The molecule has 2 N–H and O–H groups in total. The van der Waals surface area contributed by atoms with Crippen molar-refractivity contribution in [3.05, 3.63) is 69.6 Å². The summed E-state index contributed by atoms with van der Waals surface area (Å²) in [4.78, 5) is 20.0. The molecule has 0 radical (unpaired) electrons. The van der Waals surface area contributed by atoms with Crippen LogP contribution < -0.4 is 5.32 Å². The topological polar surface area (TPSA) is 65.5 Å². The maximum Gasteiger partial charge on any atom is 0.322 e. The molecule has 0 aliphatic rings. The van der Waals surface area contributed by atoms with Crippen molar-refractivity contribution in [3.63, 3.8) is 0 Å². The summed E-state index contributed by atoms with van der Waals surface area (Å²) in [5.74, 6) is -0.332. The number of hydrogen-bond donors (Lipinski definition) is 2. The van der Waals surface area contributed by atoms with Crippen molar-refractivity contribution in [2.24, 2.45) is 5.92 Å². The van der Waals surface area contributed by atoms with E-state index in [0.29, 0.717) is 19.0 Å². The maximum atomic E-state index is 12.0. The number of carboxylic acid groups (broad SMARTS) is 1. The number of aromatic nitrogens is 1. The van der Waals surface area contributed by atoms with Crippen LogP contribution in [0, 0.1) is 26.7 Å². The normalized spacial score (nSPS) is 12.4. The zero-order chi connectivity index (χ0) is 24.1. The second-order valence-corrected chi connectivity index (χ2v) is 10.4. The predicted molar refractivity (Wildman–Crippen MR) is 138 cm³/mol. The highest BCUT2D eigenvalue weighted by molar-refractivity contribution is 7.16. The standard InChI is InChI=1S/C27H35N3O2S/c1-17(2)12-24-25(22-11-10-19(4)20(5)14-22)29-27(33-24)28-15-23(26(31)32)30(6)16-21-9-7-8-18(3)13-21/h7-11,13-14,17,23H,12,15-16H2,1-6H3,(H,28,29)(H,31,32). The Morgan fingerprint density at radius 2 is 1.88 bits per heavy atom. The van der Waals surface area contributed by atoms with Gasteiger partial charge in [-0.1, -0.05) is 55.8 Å². The SMILES string of the molecule is Cc1cccc(CN(C)C(CNc2nc(-c3ccc(C)c(C)c3)c(CC(C)C)s2)C(=O)O)c1. The zero-order valence-corrected chi connectivity index (χ0v) is 21.3. The number of rotatable bonds is 10. The van der Waals surface area contributed by atoms with E-state index < -0.39 is 12.0 Å². The highest BCUT2D eigenvalue weighted by Crippen LogP contribution is 2.34. The van der Waals surface area contributed by atoms with E-state index in [1.54, 1.807) is 11.3 Å². The van der Waals surface area contributed by atoms with Gasteiger partial charge in [-0.05, 0) is 62.9 Å². The molecule has 0 saturated carbocycles. The molecule has 0 saturated heterocycles. The molecule has 176 valence electrons. The van der Waals surface area contributed by atoms with Gasteiger partial charge in [0.1, 0.15) is 6.04 Å². The number of nitrogens with zero attached hydrogens (tertiary/aromatic N) is 2. The monoisotopic (exact) mass is 465 g/mol.